The fraction of sp³-hybridized carbons (Fsp3) is 0.286. The van der Waals surface area contributed by atoms with E-state index < -0.39 is 11.7 Å². The average Bonchev–Trinajstić information content (AvgIpc) is 2.98. The van der Waals surface area contributed by atoms with Crippen molar-refractivity contribution in [2.45, 2.75) is 13.1 Å². The minimum absolute atomic E-state index is 0.000244. The topological polar surface area (TPSA) is 39.4 Å². The first-order valence-corrected chi connectivity index (χ1v) is 6.80. The van der Waals surface area contributed by atoms with Gasteiger partial charge in [0.25, 0.3) is 0 Å². The largest absolute Gasteiger partial charge is 0.418 e. The highest BCUT2D eigenvalue weighted by Crippen LogP contribution is 2.38. The highest BCUT2D eigenvalue weighted by atomic mass is 35.5. The number of aromatic nitrogens is 2. The summed E-state index contributed by atoms with van der Waals surface area (Å²) in [7, 11) is 0. The van der Waals surface area contributed by atoms with E-state index in [-0.39, 0.29) is 17.3 Å². The number of halogens is 4. The maximum Gasteiger partial charge on any atom is 0.418 e. The van der Waals surface area contributed by atoms with Crippen molar-refractivity contribution in [1.29, 1.82) is 0 Å². The van der Waals surface area contributed by atoms with Crippen LogP contribution < -0.4 is 0 Å². The van der Waals surface area contributed by atoms with Crippen LogP contribution in [-0.2, 0) is 10.9 Å². The molecule has 0 bridgehead atoms. The monoisotopic (exact) mass is 331 g/mol. The van der Waals surface area contributed by atoms with E-state index in [1.807, 2.05) is 0 Å². The van der Waals surface area contributed by atoms with Crippen LogP contribution in [0.1, 0.15) is 12.5 Å². The first-order chi connectivity index (χ1) is 10.4. The van der Waals surface area contributed by atoms with Crippen LogP contribution in [0.3, 0.4) is 0 Å². The Morgan fingerprint density at radius 2 is 2.18 bits per heavy atom. The molecule has 1 aromatic heterocycles. The van der Waals surface area contributed by atoms with Crippen LogP contribution in [0.25, 0.3) is 0 Å². The molecule has 0 N–H and O–H groups in total. The highest BCUT2D eigenvalue weighted by molar-refractivity contribution is 6.30. The van der Waals surface area contributed by atoms with Crippen molar-refractivity contribution < 1.29 is 17.9 Å². The molecule has 0 saturated carbocycles. The Hall–Kier alpha value is -1.86. The Kier molecular flexibility index (Phi) is 5.20. The van der Waals surface area contributed by atoms with E-state index in [1.54, 1.807) is 13.1 Å². The Morgan fingerprint density at radius 1 is 1.41 bits per heavy atom. The Labute approximate surface area is 130 Å². The number of imidazole rings is 1. The van der Waals surface area contributed by atoms with Crippen molar-refractivity contribution >= 4 is 23.1 Å². The molecule has 1 aromatic carbocycles. The third kappa shape index (κ3) is 4.08. The summed E-state index contributed by atoms with van der Waals surface area (Å²) in [4.78, 5) is 7.94. The predicted molar refractivity (Wildman–Crippen MR) is 77.7 cm³/mol. The molecule has 0 radical (unpaired) electrons. The molecule has 0 aliphatic heterocycles. The van der Waals surface area contributed by atoms with Gasteiger partial charge in [0.2, 0.25) is 0 Å². The third-order valence-corrected chi connectivity index (χ3v) is 2.99. The lowest BCUT2D eigenvalue weighted by atomic mass is 10.1. The smallest absolute Gasteiger partial charge is 0.374 e. The molecule has 0 spiro atoms. The summed E-state index contributed by atoms with van der Waals surface area (Å²) in [5.74, 6) is 0.298. The zero-order valence-corrected chi connectivity index (χ0v) is 12.4. The van der Waals surface area contributed by atoms with Crippen molar-refractivity contribution in [2.24, 2.45) is 4.99 Å². The second-order valence-corrected chi connectivity index (χ2v) is 4.73. The Balaban J connectivity index is 2.48. The maximum absolute atomic E-state index is 13.1. The number of nitrogens with zero attached hydrogens (tertiary/aromatic N) is 3. The molecule has 2 rings (SSSR count). The van der Waals surface area contributed by atoms with Crippen LogP contribution in [0.5, 0.6) is 0 Å². The second kappa shape index (κ2) is 6.93. The molecule has 0 amide bonds. The number of rotatable bonds is 4. The van der Waals surface area contributed by atoms with Crippen LogP contribution >= 0.6 is 11.6 Å². The normalized spacial score (nSPS) is 12.7. The number of alkyl halides is 3. The molecule has 118 valence electrons. The van der Waals surface area contributed by atoms with Gasteiger partial charge in [-0.2, -0.15) is 13.2 Å². The Bertz CT molecular complexity index is 654. The first kappa shape index (κ1) is 16.5. The number of hydrogen-bond acceptors (Lipinski definition) is 3. The molecule has 0 fully saturated rings. The lowest BCUT2D eigenvalue weighted by molar-refractivity contribution is -0.137. The van der Waals surface area contributed by atoms with E-state index in [2.05, 4.69) is 9.98 Å². The van der Waals surface area contributed by atoms with Crippen LogP contribution in [-0.4, -0.2) is 28.6 Å². The molecule has 22 heavy (non-hydrogen) atoms. The molecule has 0 aliphatic carbocycles. The average molecular weight is 332 g/mol. The first-order valence-electron chi connectivity index (χ1n) is 6.42. The maximum atomic E-state index is 13.1. The van der Waals surface area contributed by atoms with Gasteiger partial charge >= 0.3 is 6.18 Å². The van der Waals surface area contributed by atoms with E-state index in [0.717, 1.165) is 6.07 Å². The molecule has 0 saturated heterocycles. The van der Waals surface area contributed by atoms with Crippen molar-refractivity contribution in [3.05, 3.63) is 47.5 Å². The zero-order chi connectivity index (χ0) is 16.2. The fourth-order valence-electron chi connectivity index (χ4n) is 1.74. The van der Waals surface area contributed by atoms with E-state index in [4.69, 9.17) is 16.3 Å². The summed E-state index contributed by atoms with van der Waals surface area (Å²) in [6, 6.07) is 3.45. The summed E-state index contributed by atoms with van der Waals surface area (Å²) in [5, 5.41) is 0.000244. The standard InChI is InChI=1S/C14H13ClF3N3O/c1-2-22-8-13(21-6-5-19-9-21)20-12-4-3-10(15)7-11(12)14(16,17)18/h3-7,9H,2,8H2,1H3/b20-13+. The van der Waals surface area contributed by atoms with Gasteiger partial charge in [-0.1, -0.05) is 11.6 Å². The quantitative estimate of drug-likeness (QED) is 0.623. The van der Waals surface area contributed by atoms with Gasteiger partial charge in [0, 0.05) is 24.0 Å². The van der Waals surface area contributed by atoms with Gasteiger partial charge in [-0.15, -0.1) is 0 Å². The summed E-state index contributed by atoms with van der Waals surface area (Å²) >= 11 is 5.65. The van der Waals surface area contributed by atoms with Crippen molar-refractivity contribution in [3.8, 4) is 0 Å². The number of aliphatic imine (C=N–C) groups is 1. The summed E-state index contributed by atoms with van der Waals surface area (Å²) in [6.45, 7) is 2.27. The van der Waals surface area contributed by atoms with Crippen molar-refractivity contribution in [3.63, 3.8) is 0 Å². The van der Waals surface area contributed by atoms with E-state index in [9.17, 15) is 13.2 Å². The van der Waals surface area contributed by atoms with E-state index in [1.165, 1.54) is 29.2 Å². The van der Waals surface area contributed by atoms with Gasteiger partial charge in [-0.3, -0.25) is 4.57 Å². The third-order valence-electron chi connectivity index (χ3n) is 2.75. The number of hydrogen-bond donors (Lipinski definition) is 0. The van der Waals surface area contributed by atoms with Crippen LogP contribution in [0.15, 0.2) is 41.9 Å². The van der Waals surface area contributed by atoms with Crippen molar-refractivity contribution in [1.82, 2.24) is 9.55 Å². The van der Waals surface area contributed by atoms with Crippen LogP contribution in [0.2, 0.25) is 5.02 Å². The molecular formula is C14H13ClF3N3O. The number of ether oxygens (including phenoxy) is 1. The fourth-order valence-corrected chi connectivity index (χ4v) is 1.91. The van der Waals surface area contributed by atoms with Gasteiger partial charge in [0.15, 0.2) is 0 Å². The van der Waals surface area contributed by atoms with E-state index in [0.29, 0.717) is 12.4 Å². The predicted octanol–water partition coefficient (Wildman–Crippen LogP) is 4.17. The van der Waals surface area contributed by atoms with Gasteiger partial charge < -0.3 is 4.74 Å². The lowest BCUT2D eigenvalue weighted by Crippen LogP contribution is -2.17. The van der Waals surface area contributed by atoms with E-state index >= 15 is 0 Å². The lowest BCUT2D eigenvalue weighted by Gasteiger charge is -2.12. The molecule has 1 heterocycles. The van der Waals surface area contributed by atoms with Gasteiger partial charge in [-0.25, -0.2) is 9.98 Å². The van der Waals surface area contributed by atoms with Crippen LogP contribution in [0.4, 0.5) is 18.9 Å². The summed E-state index contributed by atoms with van der Waals surface area (Å²) in [6.07, 6.45) is -0.00847. The number of benzene rings is 1. The summed E-state index contributed by atoms with van der Waals surface area (Å²) in [5.41, 5.74) is -1.12. The van der Waals surface area contributed by atoms with Crippen LogP contribution in [0, 0.1) is 0 Å². The second-order valence-electron chi connectivity index (χ2n) is 4.29. The zero-order valence-electron chi connectivity index (χ0n) is 11.6. The molecule has 2 aromatic rings. The molecule has 4 nitrogen and oxygen atoms in total. The highest BCUT2D eigenvalue weighted by Gasteiger charge is 2.34. The molecule has 0 aliphatic rings. The van der Waals surface area contributed by atoms with Gasteiger partial charge in [0.05, 0.1) is 11.3 Å². The van der Waals surface area contributed by atoms with Gasteiger partial charge in [-0.05, 0) is 25.1 Å². The van der Waals surface area contributed by atoms with Gasteiger partial charge in [0.1, 0.15) is 18.8 Å². The molecular weight excluding hydrogens is 319 g/mol. The molecule has 8 heteroatoms. The SMILES string of the molecule is CCOC/C(=N\c1ccc(Cl)cc1C(F)(F)F)n1ccnc1. The Morgan fingerprint density at radius 3 is 2.77 bits per heavy atom. The molecule has 0 unspecified atom stereocenters. The minimum Gasteiger partial charge on any atom is -0.374 e. The molecule has 0 atom stereocenters. The van der Waals surface area contributed by atoms with Crippen molar-refractivity contribution in [2.75, 3.05) is 13.2 Å². The summed E-state index contributed by atoms with van der Waals surface area (Å²) < 4.78 is 46.0. The minimum atomic E-state index is -4.55.